The molecule has 0 aliphatic rings. The molecule has 3 heterocycles. The Labute approximate surface area is 162 Å². The quantitative estimate of drug-likeness (QED) is 0.558. The number of aromatic amines is 1. The highest BCUT2D eigenvalue weighted by Crippen LogP contribution is 2.36. The Balaban J connectivity index is 1.78. The number of benzene rings is 1. The smallest absolute Gasteiger partial charge is 0.268 e. The van der Waals surface area contributed by atoms with Crippen molar-refractivity contribution < 1.29 is 0 Å². The number of thiophene rings is 1. The van der Waals surface area contributed by atoms with Crippen molar-refractivity contribution in [1.29, 1.82) is 0 Å². The van der Waals surface area contributed by atoms with Crippen molar-refractivity contribution in [2.75, 3.05) is 0 Å². The van der Waals surface area contributed by atoms with E-state index >= 15 is 0 Å². The Kier molecular flexibility index (Phi) is 4.30. The summed E-state index contributed by atoms with van der Waals surface area (Å²) in [4.78, 5) is 20.8. The van der Waals surface area contributed by atoms with E-state index in [1.807, 2.05) is 30.7 Å². The first-order valence-corrected chi connectivity index (χ1v) is 9.32. The van der Waals surface area contributed by atoms with Gasteiger partial charge in [0.25, 0.3) is 5.56 Å². The van der Waals surface area contributed by atoms with Crippen LogP contribution in [0, 0.1) is 6.92 Å². The van der Waals surface area contributed by atoms with Crippen molar-refractivity contribution >= 4 is 44.8 Å². The minimum Gasteiger partial charge on any atom is -0.318 e. The Hall–Kier alpha value is -2.22. The number of aromatic nitrogens is 5. The van der Waals surface area contributed by atoms with E-state index < -0.39 is 0 Å². The first-order chi connectivity index (χ1) is 12.4. The van der Waals surface area contributed by atoms with Crippen molar-refractivity contribution in [3.63, 3.8) is 0 Å². The number of hydrogen-bond acceptors (Lipinski definition) is 5. The van der Waals surface area contributed by atoms with E-state index in [0.29, 0.717) is 32.5 Å². The van der Waals surface area contributed by atoms with E-state index in [9.17, 15) is 4.79 Å². The minimum atomic E-state index is -0.176. The number of nitrogens with zero attached hydrogens (tertiary/aromatic N) is 4. The molecule has 4 aromatic rings. The summed E-state index contributed by atoms with van der Waals surface area (Å²) < 4.78 is 2.43. The van der Waals surface area contributed by atoms with Crippen LogP contribution in [0.15, 0.2) is 29.1 Å². The Morgan fingerprint density at radius 2 is 2.04 bits per heavy atom. The van der Waals surface area contributed by atoms with Gasteiger partial charge in [0.15, 0.2) is 0 Å². The molecule has 1 N–H and O–H groups in total. The molecular weight excluding hydrogens is 393 g/mol. The zero-order valence-electron chi connectivity index (χ0n) is 13.9. The molecule has 0 saturated carbocycles. The predicted molar refractivity (Wildman–Crippen MR) is 104 cm³/mol. The van der Waals surface area contributed by atoms with E-state index in [4.69, 9.17) is 23.2 Å². The van der Waals surface area contributed by atoms with Gasteiger partial charge in [0.1, 0.15) is 22.2 Å². The molecule has 0 bridgehead atoms. The highest BCUT2D eigenvalue weighted by Gasteiger charge is 2.14. The molecule has 4 rings (SSSR count). The van der Waals surface area contributed by atoms with Crippen LogP contribution in [0.25, 0.3) is 20.7 Å². The fourth-order valence-electron chi connectivity index (χ4n) is 2.65. The summed E-state index contributed by atoms with van der Waals surface area (Å²) in [6.07, 6.45) is 0.398. The average molecular weight is 406 g/mol. The van der Waals surface area contributed by atoms with Gasteiger partial charge >= 0.3 is 0 Å². The Morgan fingerprint density at radius 1 is 1.23 bits per heavy atom. The van der Waals surface area contributed by atoms with E-state index in [2.05, 4.69) is 20.2 Å². The number of H-pyrrole nitrogens is 1. The van der Waals surface area contributed by atoms with Gasteiger partial charge in [-0.15, -0.1) is 21.5 Å². The molecule has 6 nitrogen and oxygen atoms in total. The second-order valence-electron chi connectivity index (χ2n) is 5.86. The first kappa shape index (κ1) is 17.2. The lowest BCUT2D eigenvalue weighted by Crippen LogP contribution is -2.12. The minimum absolute atomic E-state index is 0.176. The number of hydrogen-bond donors (Lipinski definition) is 1. The summed E-state index contributed by atoms with van der Waals surface area (Å²) in [5.74, 6) is 2.09. The van der Waals surface area contributed by atoms with Gasteiger partial charge in [0, 0.05) is 22.5 Å². The van der Waals surface area contributed by atoms with E-state index in [-0.39, 0.29) is 5.56 Å². The third kappa shape index (κ3) is 3.02. The number of fused-ring (bicyclic) bond motifs is 1. The molecule has 26 heavy (non-hydrogen) atoms. The molecule has 9 heteroatoms. The van der Waals surface area contributed by atoms with E-state index in [1.165, 1.54) is 11.3 Å². The third-order valence-electron chi connectivity index (χ3n) is 4.14. The van der Waals surface area contributed by atoms with Crippen LogP contribution in [0.2, 0.25) is 10.0 Å². The lowest BCUT2D eigenvalue weighted by Gasteiger charge is -2.01. The van der Waals surface area contributed by atoms with Crippen LogP contribution in [-0.4, -0.2) is 24.7 Å². The summed E-state index contributed by atoms with van der Waals surface area (Å²) in [5, 5.41) is 9.25. The lowest BCUT2D eigenvalue weighted by molar-refractivity contribution is 0.777. The van der Waals surface area contributed by atoms with E-state index in [0.717, 1.165) is 22.1 Å². The van der Waals surface area contributed by atoms with Gasteiger partial charge < -0.3 is 9.55 Å². The SMILES string of the molecule is Cc1nnc(Cc2nc3cc(-c4ccc(Cl)cc4Cl)sc3c(=O)[nH]2)n1C. The molecule has 3 aromatic heterocycles. The molecule has 0 aliphatic heterocycles. The van der Waals surface area contributed by atoms with Crippen molar-refractivity contribution in [2.24, 2.45) is 7.05 Å². The highest BCUT2D eigenvalue weighted by atomic mass is 35.5. The zero-order chi connectivity index (χ0) is 18.4. The Bertz CT molecular complexity index is 1190. The molecule has 0 saturated heterocycles. The summed E-state index contributed by atoms with van der Waals surface area (Å²) in [6.45, 7) is 1.87. The first-order valence-electron chi connectivity index (χ1n) is 7.75. The monoisotopic (exact) mass is 405 g/mol. The van der Waals surface area contributed by atoms with Crippen molar-refractivity contribution in [1.82, 2.24) is 24.7 Å². The van der Waals surface area contributed by atoms with Crippen molar-refractivity contribution in [3.8, 4) is 10.4 Å². The van der Waals surface area contributed by atoms with Crippen molar-refractivity contribution in [3.05, 3.63) is 62.1 Å². The highest BCUT2D eigenvalue weighted by molar-refractivity contribution is 7.22. The van der Waals surface area contributed by atoms with Gasteiger partial charge in [-0.05, 0) is 25.1 Å². The molecule has 0 spiro atoms. The Morgan fingerprint density at radius 3 is 2.73 bits per heavy atom. The maximum Gasteiger partial charge on any atom is 0.268 e. The van der Waals surface area contributed by atoms with Crippen LogP contribution < -0.4 is 5.56 Å². The topological polar surface area (TPSA) is 76.5 Å². The number of aryl methyl sites for hydroxylation is 1. The second-order valence-corrected chi connectivity index (χ2v) is 7.76. The van der Waals surface area contributed by atoms with Crippen LogP contribution in [0.4, 0.5) is 0 Å². The van der Waals surface area contributed by atoms with Crippen molar-refractivity contribution in [2.45, 2.75) is 13.3 Å². The average Bonchev–Trinajstić information content (AvgIpc) is 3.14. The zero-order valence-corrected chi connectivity index (χ0v) is 16.2. The fourth-order valence-corrected chi connectivity index (χ4v) is 4.25. The van der Waals surface area contributed by atoms with Crippen LogP contribution in [0.3, 0.4) is 0 Å². The standard InChI is InChI=1S/C17H13Cl2N5OS/c1-8-22-23-15(24(8)2)7-14-20-12-6-13(26-16(12)17(25)21-14)10-4-3-9(18)5-11(10)19/h3-6H,7H2,1-2H3,(H,20,21,25). The fraction of sp³-hybridized carbons (Fsp3) is 0.176. The van der Waals surface area contributed by atoms with Crippen LogP contribution >= 0.6 is 34.5 Å². The van der Waals surface area contributed by atoms with Gasteiger partial charge in [-0.3, -0.25) is 4.79 Å². The van der Waals surface area contributed by atoms with Crippen LogP contribution in [0.5, 0.6) is 0 Å². The molecule has 0 atom stereocenters. The second kappa shape index (κ2) is 6.50. The maximum atomic E-state index is 12.5. The summed E-state index contributed by atoms with van der Waals surface area (Å²) in [5.41, 5.74) is 1.28. The molecule has 132 valence electrons. The maximum absolute atomic E-state index is 12.5. The predicted octanol–water partition coefficient (Wildman–Crippen LogP) is 3.99. The van der Waals surface area contributed by atoms with Gasteiger partial charge in [0.05, 0.1) is 17.0 Å². The summed E-state index contributed by atoms with van der Waals surface area (Å²) in [7, 11) is 1.88. The third-order valence-corrected chi connectivity index (χ3v) is 5.84. The molecule has 1 aromatic carbocycles. The van der Waals surface area contributed by atoms with Gasteiger partial charge in [0.2, 0.25) is 0 Å². The van der Waals surface area contributed by atoms with Crippen LogP contribution in [0.1, 0.15) is 17.5 Å². The summed E-state index contributed by atoms with van der Waals surface area (Å²) in [6, 6.07) is 7.16. The molecule has 0 unspecified atom stereocenters. The molecule has 0 fully saturated rings. The largest absolute Gasteiger partial charge is 0.318 e. The lowest BCUT2D eigenvalue weighted by atomic mass is 10.2. The molecule has 0 aliphatic carbocycles. The number of rotatable bonds is 3. The molecular formula is C17H13Cl2N5OS. The van der Waals surface area contributed by atoms with Gasteiger partial charge in [-0.1, -0.05) is 29.3 Å². The normalized spacial score (nSPS) is 11.4. The van der Waals surface area contributed by atoms with E-state index in [1.54, 1.807) is 12.1 Å². The molecule has 0 amide bonds. The van der Waals surface area contributed by atoms with Gasteiger partial charge in [-0.25, -0.2) is 4.98 Å². The summed E-state index contributed by atoms with van der Waals surface area (Å²) >= 11 is 13.6. The number of nitrogens with one attached hydrogen (secondary N) is 1. The van der Waals surface area contributed by atoms with Crippen LogP contribution in [-0.2, 0) is 13.5 Å². The van der Waals surface area contributed by atoms with Gasteiger partial charge in [-0.2, -0.15) is 0 Å². The number of halogens is 2. The molecule has 0 radical (unpaired) electrons.